The fourth-order valence-corrected chi connectivity index (χ4v) is 0.156. The Bertz CT molecular complexity index is 64.0. The van der Waals surface area contributed by atoms with Crippen LogP contribution in [0.4, 0.5) is 0 Å². The maximum absolute atomic E-state index is 9.40. The van der Waals surface area contributed by atoms with E-state index >= 15 is 0 Å². The number of hydrazine groups is 1. The van der Waals surface area contributed by atoms with Crippen LogP contribution >= 0.6 is 0 Å². The number of nitrogens with two attached hydrogens (primary N) is 1. The van der Waals surface area contributed by atoms with Gasteiger partial charge in [-0.15, -0.1) is 5.43 Å². The molecule has 3 N–H and O–H groups in total. The molecule has 42 valence electrons. The van der Waals surface area contributed by atoms with E-state index in [1.54, 1.807) is 0 Å². The molecular weight excluding hydrogens is 98.0 g/mol. The predicted molar refractivity (Wildman–Crippen MR) is 24.1 cm³/mol. The lowest BCUT2D eigenvalue weighted by Crippen LogP contribution is -2.27. The molecule has 0 amide bonds. The predicted octanol–water partition coefficient (Wildman–Crippen LogP) is -1.27. The van der Waals surface area contributed by atoms with Crippen LogP contribution in [0, 0.1) is 10.1 Å². The molecule has 7 heavy (non-hydrogen) atoms. The molecule has 0 saturated carbocycles. The third-order valence-corrected chi connectivity index (χ3v) is 0.385. The van der Waals surface area contributed by atoms with Crippen molar-refractivity contribution in [1.82, 2.24) is 5.43 Å². The standard InChI is InChI=1S/C2H7N3O2/c3-1-2-4-5(6)7/h4H,1-3H2. The zero-order chi connectivity index (χ0) is 5.70. The average molecular weight is 105 g/mol. The minimum atomic E-state index is -0.618. The highest BCUT2D eigenvalue weighted by Gasteiger charge is 1.85. The zero-order valence-corrected chi connectivity index (χ0v) is 3.76. The second-order valence-corrected chi connectivity index (χ2v) is 0.954. The van der Waals surface area contributed by atoms with Crippen LogP contribution in [0.1, 0.15) is 0 Å². The molecule has 0 spiro atoms. The first-order valence-electron chi connectivity index (χ1n) is 1.85. The van der Waals surface area contributed by atoms with Crippen LogP contribution in [-0.2, 0) is 0 Å². The fraction of sp³-hybridized carbons (Fsp3) is 1.00. The Kier molecular flexibility index (Phi) is 2.95. The number of nitro groups is 1. The lowest BCUT2D eigenvalue weighted by atomic mass is 10.7. The lowest BCUT2D eigenvalue weighted by Gasteiger charge is -1.88. The highest BCUT2D eigenvalue weighted by Crippen LogP contribution is 1.52. The normalized spacial score (nSPS) is 8.14. The van der Waals surface area contributed by atoms with E-state index in [1.807, 2.05) is 5.43 Å². The minimum absolute atomic E-state index is 0.229. The monoisotopic (exact) mass is 105 g/mol. The molecule has 0 unspecified atom stereocenters. The molecule has 0 bridgehead atoms. The Labute approximate surface area is 40.6 Å². The van der Waals surface area contributed by atoms with Crippen molar-refractivity contribution in [2.24, 2.45) is 5.73 Å². The van der Waals surface area contributed by atoms with Crippen LogP contribution in [0.15, 0.2) is 0 Å². The molecule has 0 heterocycles. The van der Waals surface area contributed by atoms with Crippen LogP contribution in [0.5, 0.6) is 0 Å². The number of nitrogens with one attached hydrogen (secondary N) is 1. The van der Waals surface area contributed by atoms with Gasteiger partial charge in [0.15, 0.2) is 5.03 Å². The maximum Gasteiger partial charge on any atom is 0.157 e. The molecule has 0 radical (unpaired) electrons. The van der Waals surface area contributed by atoms with Crippen molar-refractivity contribution in [3.8, 4) is 0 Å². The Morgan fingerprint density at radius 1 is 1.86 bits per heavy atom. The second kappa shape index (κ2) is 3.35. The van der Waals surface area contributed by atoms with Crippen LogP contribution < -0.4 is 11.2 Å². The molecule has 0 aromatic carbocycles. The van der Waals surface area contributed by atoms with Gasteiger partial charge in [0.1, 0.15) is 0 Å². The van der Waals surface area contributed by atoms with Crippen molar-refractivity contribution in [3.63, 3.8) is 0 Å². The van der Waals surface area contributed by atoms with E-state index in [9.17, 15) is 10.1 Å². The second-order valence-electron chi connectivity index (χ2n) is 0.954. The molecule has 5 heteroatoms. The molecule has 0 aromatic rings. The molecule has 0 aliphatic carbocycles. The Hall–Kier alpha value is -0.840. The van der Waals surface area contributed by atoms with Gasteiger partial charge in [-0.3, -0.25) is 0 Å². The summed E-state index contributed by atoms with van der Waals surface area (Å²) in [6.07, 6.45) is 0. The van der Waals surface area contributed by atoms with Gasteiger partial charge in [0.25, 0.3) is 0 Å². The van der Waals surface area contributed by atoms with Crippen molar-refractivity contribution < 1.29 is 5.03 Å². The Morgan fingerprint density at radius 3 is 2.57 bits per heavy atom. The first-order chi connectivity index (χ1) is 3.27. The third-order valence-electron chi connectivity index (χ3n) is 0.385. The third kappa shape index (κ3) is 5.16. The van der Waals surface area contributed by atoms with E-state index in [-0.39, 0.29) is 6.54 Å². The molecule has 0 atom stereocenters. The van der Waals surface area contributed by atoms with Gasteiger partial charge < -0.3 is 5.73 Å². The van der Waals surface area contributed by atoms with Crippen LogP contribution in [-0.4, -0.2) is 18.1 Å². The summed E-state index contributed by atoms with van der Waals surface area (Å²) in [7, 11) is 0. The average Bonchev–Trinajstić information content (AvgIpc) is 1.61. The smallest absolute Gasteiger partial charge is 0.157 e. The number of nitrogens with zero attached hydrogens (tertiary/aromatic N) is 1. The van der Waals surface area contributed by atoms with E-state index in [0.29, 0.717) is 6.54 Å². The lowest BCUT2D eigenvalue weighted by molar-refractivity contribution is -0.543. The summed E-state index contributed by atoms with van der Waals surface area (Å²) in [5.74, 6) is 0. The topological polar surface area (TPSA) is 81.2 Å². The van der Waals surface area contributed by atoms with E-state index in [2.05, 4.69) is 0 Å². The van der Waals surface area contributed by atoms with E-state index in [1.165, 1.54) is 0 Å². The highest BCUT2D eigenvalue weighted by molar-refractivity contribution is 4.30. The summed E-state index contributed by atoms with van der Waals surface area (Å²) in [5, 5.41) is 8.78. The molecule has 0 fully saturated rings. The zero-order valence-electron chi connectivity index (χ0n) is 3.76. The summed E-state index contributed by atoms with van der Waals surface area (Å²) < 4.78 is 0. The van der Waals surface area contributed by atoms with Gasteiger partial charge in [0, 0.05) is 6.54 Å². The summed E-state index contributed by atoms with van der Waals surface area (Å²) >= 11 is 0. The van der Waals surface area contributed by atoms with E-state index in [0.717, 1.165) is 0 Å². The largest absolute Gasteiger partial charge is 0.329 e. The van der Waals surface area contributed by atoms with Crippen molar-refractivity contribution >= 4 is 0 Å². The van der Waals surface area contributed by atoms with Crippen LogP contribution in [0.25, 0.3) is 0 Å². The molecule has 0 rings (SSSR count). The van der Waals surface area contributed by atoms with Crippen LogP contribution in [0.2, 0.25) is 0 Å². The quantitative estimate of drug-likeness (QED) is 0.346. The molecule has 5 nitrogen and oxygen atoms in total. The number of rotatable bonds is 3. The van der Waals surface area contributed by atoms with Crippen molar-refractivity contribution in [2.75, 3.05) is 13.1 Å². The minimum Gasteiger partial charge on any atom is -0.329 e. The van der Waals surface area contributed by atoms with Crippen molar-refractivity contribution in [2.45, 2.75) is 0 Å². The van der Waals surface area contributed by atoms with Gasteiger partial charge in [-0.25, -0.2) is 10.1 Å². The van der Waals surface area contributed by atoms with Gasteiger partial charge in [-0.05, 0) is 0 Å². The van der Waals surface area contributed by atoms with Gasteiger partial charge in [-0.1, -0.05) is 0 Å². The van der Waals surface area contributed by atoms with Gasteiger partial charge in [0.2, 0.25) is 0 Å². The summed E-state index contributed by atoms with van der Waals surface area (Å²) in [5.41, 5.74) is 6.80. The SMILES string of the molecule is NCCN[N+](=O)[O-]. The fourth-order valence-electron chi connectivity index (χ4n) is 0.156. The summed E-state index contributed by atoms with van der Waals surface area (Å²) in [6, 6.07) is 0. The number of hydrogen-bond acceptors (Lipinski definition) is 3. The first-order valence-corrected chi connectivity index (χ1v) is 1.85. The Morgan fingerprint density at radius 2 is 2.43 bits per heavy atom. The first kappa shape index (κ1) is 6.16. The summed E-state index contributed by atoms with van der Waals surface area (Å²) in [6.45, 7) is 0.522. The molecule has 0 aliphatic rings. The summed E-state index contributed by atoms with van der Waals surface area (Å²) in [4.78, 5) is 9.40. The van der Waals surface area contributed by atoms with E-state index in [4.69, 9.17) is 5.73 Å². The van der Waals surface area contributed by atoms with Crippen LogP contribution in [0.3, 0.4) is 0 Å². The Balaban J connectivity index is 2.82. The molecule has 0 aliphatic heterocycles. The molecule has 0 saturated heterocycles. The van der Waals surface area contributed by atoms with Gasteiger partial charge >= 0.3 is 0 Å². The highest BCUT2D eigenvalue weighted by atomic mass is 16.7. The van der Waals surface area contributed by atoms with Crippen molar-refractivity contribution in [1.29, 1.82) is 0 Å². The van der Waals surface area contributed by atoms with Gasteiger partial charge in [-0.2, -0.15) is 0 Å². The van der Waals surface area contributed by atoms with Crippen molar-refractivity contribution in [3.05, 3.63) is 10.1 Å². The number of hydrogen-bond donors (Lipinski definition) is 2. The maximum atomic E-state index is 9.40. The van der Waals surface area contributed by atoms with Gasteiger partial charge in [0.05, 0.1) is 6.54 Å². The molecule has 0 aromatic heterocycles. The molecular formula is C2H7N3O2. The van der Waals surface area contributed by atoms with E-state index < -0.39 is 5.03 Å².